The lowest BCUT2D eigenvalue weighted by atomic mass is 9.65. The summed E-state index contributed by atoms with van der Waals surface area (Å²) in [7, 11) is 1.78. The van der Waals surface area contributed by atoms with Gasteiger partial charge in [-0.3, -0.25) is 0 Å². The molecule has 0 aromatic heterocycles. The van der Waals surface area contributed by atoms with Crippen molar-refractivity contribution in [1.29, 1.82) is 0 Å². The van der Waals surface area contributed by atoms with Crippen molar-refractivity contribution in [3.8, 4) is 5.75 Å². The van der Waals surface area contributed by atoms with Crippen molar-refractivity contribution in [2.45, 2.75) is 25.2 Å². The lowest BCUT2D eigenvalue weighted by Gasteiger charge is -2.39. The highest BCUT2D eigenvalue weighted by molar-refractivity contribution is 5.89. The molecule has 3 fully saturated rings. The predicted molar refractivity (Wildman–Crippen MR) is 99.7 cm³/mol. The van der Waals surface area contributed by atoms with E-state index in [4.69, 9.17) is 4.74 Å². The number of fused-ring (bicyclic) bond motifs is 16. The van der Waals surface area contributed by atoms with Crippen molar-refractivity contribution in [2.75, 3.05) is 7.11 Å². The molecule has 8 unspecified atom stereocenters. The van der Waals surface area contributed by atoms with Crippen LogP contribution in [0.15, 0.2) is 42.5 Å². The van der Waals surface area contributed by atoms with E-state index in [0.29, 0.717) is 0 Å². The number of allylic oxidation sites excluding steroid dienone is 2. The van der Waals surface area contributed by atoms with Gasteiger partial charge in [-0.05, 0) is 101 Å². The third-order valence-corrected chi connectivity index (χ3v) is 8.76. The first-order chi connectivity index (χ1) is 12.3. The smallest absolute Gasteiger partial charge is 0.119 e. The summed E-state index contributed by atoms with van der Waals surface area (Å²) in [5.74, 6) is 8.60. The molecule has 1 heteroatoms. The number of benzene rings is 2. The van der Waals surface area contributed by atoms with Gasteiger partial charge in [-0.25, -0.2) is 0 Å². The van der Waals surface area contributed by atoms with Gasteiger partial charge in [0.05, 0.1) is 7.11 Å². The largest absolute Gasteiger partial charge is 0.497 e. The molecule has 5 aliphatic rings. The summed E-state index contributed by atoms with van der Waals surface area (Å²) >= 11 is 0. The van der Waals surface area contributed by atoms with Gasteiger partial charge in [0.15, 0.2) is 0 Å². The molecular formula is C24H24O. The molecule has 2 aromatic carbocycles. The average Bonchev–Trinajstić information content (AvgIpc) is 3.42. The molecule has 0 heterocycles. The van der Waals surface area contributed by atoms with Crippen LogP contribution in [0, 0.1) is 41.4 Å². The van der Waals surface area contributed by atoms with Gasteiger partial charge in [-0.1, -0.05) is 30.4 Å². The van der Waals surface area contributed by atoms with E-state index in [2.05, 4.69) is 42.5 Å². The Labute approximate surface area is 149 Å². The molecule has 25 heavy (non-hydrogen) atoms. The van der Waals surface area contributed by atoms with E-state index >= 15 is 0 Å². The molecule has 0 aliphatic heterocycles. The summed E-state index contributed by atoms with van der Waals surface area (Å²) in [6.45, 7) is 0. The van der Waals surface area contributed by atoms with Crippen LogP contribution in [0.4, 0.5) is 0 Å². The number of methoxy groups -OCH3 is 1. The molecule has 2 aromatic rings. The Morgan fingerprint density at radius 3 is 2.52 bits per heavy atom. The summed E-state index contributed by atoms with van der Waals surface area (Å²) in [6, 6.07) is 11.5. The first-order valence-electron chi connectivity index (χ1n) is 10.1. The molecule has 1 nitrogen and oxygen atoms in total. The maximum atomic E-state index is 5.52. The van der Waals surface area contributed by atoms with Gasteiger partial charge < -0.3 is 4.74 Å². The predicted octanol–water partition coefficient (Wildman–Crippen LogP) is 5.19. The van der Waals surface area contributed by atoms with E-state index in [1.807, 2.05) is 0 Å². The van der Waals surface area contributed by atoms with E-state index in [1.54, 1.807) is 18.2 Å². The van der Waals surface area contributed by atoms with E-state index < -0.39 is 0 Å². The lowest BCUT2D eigenvalue weighted by molar-refractivity contribution is 0.136. The number of hydrogen-bond acceptors (Lipinski definition) is 1. The fourth-order valence-corrected chi connectivity index (χ4v) is 8.18. The Balaban J connectivity index is 1.39. The highest BCUT2D eigenvalue weighted by Crippen LogP contribution is 2.73. The minimum atomic E-state index is 0.851. The van der Waals surface area contributed by atoms with Crippen molar-refractivity contribution in [1.82, 2.24) is 0 Å². The molecule has 4 bridgehead atoms. The molecule has 0 saturated heterocycles. The van der Waals surface area contributed by atoms with E-state index in [-0.39, 0.29) is 0 Å². The molecule has 0 N–H and O–H groups in total. The summed E-state index contributed by atoms with van der Waals surface area (Å²) in [4.78, 5) is 0. The number of rotatable bonds is 1. The van der Waals surface area contributed by atoms with E-state index in [9.17, 15) is 0 Å². The van der Waals surface area contributed by atoms with Crippen molar-refractivity contribution in [3.05, 3.63) is 53.6 Å². The standard InChI is InChI=1S/C24H24O/c1-25-15-6-4-12-5-7-16-18(17(12)9-15)10-20-19-11-21(24(16)20)23-14-3-2-13(8-14)22(19)23/h2-7,9,13-14,19-24H,8,10-11H2,1H3. The van der Waals surface area contributed by atoms with Crippen molar-refractivity contribution >= 4 is 10.8 Å². The molecule has 8 atom stereocenters. The Kier molecular flexibility index (Phi) is 2.32. The second-order valence-corrected chi connectivity index (χ2v) is 9.28. The molecule has 0 spiro atoms. The second kappa shape index (κ2) is 4.31. The van der Waals surface area contributed by atoms with Crippen LogP contribution in [0.2, 0.25) is 0 Å². The fraction of sp³-hybridized carbons (Fsp3) is 0.500. The normalized spacial score (nSPS) is 44.4. The van der Waals surface area contributed by atoms with Gasteiger partial charge in [0, 0.05) is 0 Å². The van der Waals surface area contributed by atoms with Gasteiger partial charge in [0.2, 0.25) is 0 Å². The Hall–Kier alpha value is -1.76. The summed E-state index contributed by atoms with van der Waals surface area (Å²) in [5.41, 5.74) is 3.35. The minimum absolute atomic E-state index is 0.851. The highest BCUT2D eigenvalue weighted by Gasteiger charge is 2.65. The monoisotopic (exact) mass is 328 g/mol. The third-order valence-electron chi connectivity index (χ3n) is 8.76. The summed E-state index contributed by atoms with van der Waals surface area (Å²) in [5, 5.41) is 2.84. The topological polar surface area (TPSA) is 9.23 Å². The fourth-order valence-electron chi connectivity index (χ4n) is 8.18. The molecule has 3 saturated carbocycles. The van der Waals surface area contributed by atoms with Crippen molar-refractivity contribution in [3.63, 3.8) is 0 Å². The Bertz CT molecular complexity index is 941. The maximum absolute atomic E-state index is 5.52. The SMILES string of the molecule is COc1ccc2ccc3c(c2c1)CC1C2CC(C31)C1C3C=CC(C3)C21. The summed E-state index contributed by atoms with van der Waals surface area (Å²) in [6.07, 6.45) is 9.46. The van der Waals surface area contributed by atoms with Gasteiger partial charge >= 0.3 is 0 Å². The quantitative estimate of drug-likeness (QED) is 0.517. The van der Waals surface area contributed by atoms with Crippen LogP contribution < -0.4 is 4.74 Å². The summed E-state index contributed by atoms with van der Waals surface area (Å²) < 4.78 is 5.52. The Morgan fingerprint density at radius 2 is 1.68 bits per heavy atom. The Morgan fingerprint density at radius 1 is 0.880 bits per heavy atom. The lowest BCUT2D eigenvalue weighted by Crippen LogP contribution is -2.34. The maximum Gasteiger partial charge on any atom is 0.119 e. The van der Waals surface area contributed by atoms with Gasteiger partial charge in [0.1, 0.15) is 5.75 Å². The third kappa shape index (κ3) is 1.45. The van der Waals surface area contributed by atoms with Crippen LogP contribution >= 0.6 is 0 Å². The first-order valence-corrected chi connectivity index (χ1v) is 10.1. The molecule has 7 rings (SSSR count). The van der Waals surface area contributed by atoms with Gasteiger partial charge in [0.25, 0.3) is 0 Å². The first kappa shape index (κ1) is 13.4. The van der Waals surface area contributed by atoms with Crippen LogP contribution in [0.1, 0.15) is 29.9 Å². The van der Waals surface area contributed by atoms with E-state index in [1.165, 1.54) is 30.0 Å². The van der Waals surface area contributed by atoms with Crippen LogP contribution in [0.25, 0.3) is 10.8 Å². The van der Waals surface area contributed by atoms with Crippen LogP contribution in [-0.4, -0.2) is 7.11 Å². The second-order valence-electron chi connectivity index (χ2n) is 9.28. The number of hydrogen-bond donors (Lipinski definition) is 0. The highest BCUT2D eigenvalue weighted by atomic mass is 16.5. The van der Waals surface area contributed by atoms with E-state index in [0.717, 1.165) is 53.1 Å². The zero-order valence-corrected chi connectivity index (χ0v) is 14.7. The molecule has 126 valence electrons. The molecule has 0 amide bonds. The zero-order valence-electron chi connectivity index (χ0n) is 14.7. The van der Waals surface area contributed by atoms with Crippen LogP contribution in [0.5, 0.6) is 5.75 Å². The van der Waals surface area contributed by atoms with Gasteiger partial charge in [-0.15, -0.1) is 0 Å². The average molecular weight is 328 g/mol. The van der Waals surface area contributed by atoms with Crippen LogP contribution in [-0.2, 0) is 6.42 Å². The van der Waals surface area contributed by atoms with Gasteiger partial charge in [-0.2, -0.15) is 0 Å². The minimum Gasteiger partial charge on any atom is -0.497 e. The molecule has 0 radical (unpaired) electrons. The van der Waals surface area contributed by atoms with Crippen molar-refractivity contribution < 1.29 is 4.74 Å². The molecule has 5 aliphatic carbocycles. The van der Waals surface area contributed by atoms with Crippen LogP contribution in [0.3, 0.4) is 0 Å². The zero-order chi connectivity index (χ0) is 16.3. The van der Waals surface area contributed by atoms with Crippen molar-refractivity contribution in [2.24, 2.45) is 41.4 Å². The number of ether oxygens (including phenoxy) is 1. The molecular weight excluding hydrogens is 304 g/mol.